The first kappa shape index (κ1) is 13.8. The van der Waals surface area contributed by atoms with Gasteiger partial charge in [-0.2, -0.15) is 11.3 Å². The molecule has 0 aliphatic heterocycles. The number of hydrogen-bond donors (Lipinski definition) is 1. The van der Waals surface area contributed by atoms with E-state index in [2.05, 4.69) is 27.0 Å². The van der Waals surface area contributed by atoms with Crippen LogP contribution in [0.1, 0.15) is 22.0 Å². The molecule has 1 N–H and O–H groups in total. The van der Waals surface area contributed by atoms with Crippen molar-refractivity contribution in [2.75, 3.05) is 20.6 Å². The molecule has 0 bridgehead atoms. The fraction of sp³-hybridized carbons (Fsp3) is 0.267. The smallest absolute Gasteiger partial charge is 0.251 e. The first-order valence-corrected chi connectivity index (χ1v) is 7.14. The van der Waals surface area contributed by atoms with Crippen molar-refractivity contribution >= 4 is 17.2 Å². The van der Waals surface area contributed by atoms with Crippen LogP contribution in [-0.2, 0) is 0 Å². The number of likely N-dealkylation sites (N-methyl/N-ethyl adjacent to an activating group) is 1. The number of carbonyl (C=O) groups excluding carboxylic acids is 1. The molecule has 0 fully saturated rings. The topological polar surface area (TPSA) is 32.3 Å². The van der Waals surface area contributed by atoms with Crippen molar-refractivity contribution in [2.45, 2.75) is 6.04 Å². The lowest BCUT2D eigenvalue weighted by Gasteiger charge is -2.24. The van der Waals surface area contributed by atoms with Crippen LogP contribution >= 0.6 is 11.3 Å². The third-order valence-corrected chi connectivity index (χ3v) is 3.74. The maximum atomic E-state index is 12.0. The summed E-state index contributed by atoms with van der Waals surface area (Å²) in [5.41, 5.74) is 1.94. The Morgan fingerprint density at radius 3 is 2.58 bits per heavy atom. The Hall–Kier alpha value is -1.65. The summed E-state index contributed by atoms with van der Waals surface area (Å²) in [6.45, 7) is 0.609. The number of nitrogens with one attached hydrogen (secondary N) is 1. The molecule has 0 saturated carbocycles. The molecule has 1 atom stereocenters. The summed E-state index contributed by atoms with van der Waals surface area (Å²) in [6, 6.07) is 11.6. The summed E-state index contributed by atoms with van der Waals surface area (Å²) < 4.78 is 0. The number of nitrogens with zero attached hydrogens (tertiary/aromatic N) is 1. The van der Waals surface area contributed by atoms with Crippen LogP contribution in [-0.4, -0.2) is 31.4 Å². The van der Waals surface area contributed by atoms with Gasteiger partial charge in [-0.05, 0) is 48.6 Å². The van der Waals surface area contributed by atoms with Gasteiger partial charge in [-0.3, -0.25) is 4.79 Å². The molecule has 1 heterocycles. The number of amides is 1. The number of thiophene rings is 1. The summed E-state index contributed by atoms with van der Waals surface area (Å²) in [4.78, 5) is 14.1. The molecule has 1 aromatic carbocycles. The summed E-state index contributed by atoms with van der Waals surface area (Å²) >= 11 is 1.68. The van der Waals surface area contributed by atoms with Crippen LogP contribution in [0.3, 0.4) is 0 Å². The molecule has 4 heteroatoms. The molecular formula is C15H18N2OS. The molecule has 0 saturated heterocycles. The zero-order chi connectivity index (χ0) is 13.7. The lowest BCUT2D eigenvalue weighted by molar-refractivity contribution is 0.0942. The van der Waals surface area contributed by atoms with E-state index >= 15 is 0 Å². The van der Waals surface area contributed by atoms with Crippen molar-refractivity contribution < 1.29 is 4.79 Å². The zero-order valence-electron chi connectivity index (χ0n) is 11.2. The second kappa shape index (κ2) is 6.50. The average molecular weight is 274 g/mol. The molecule has 0 spiro atoms. The Morgan fingerprint density at radius 1 is 1.26 bits per heavy atom. The van der Waals surface area contributed by atoms with E-state index in [4.69, 9.17) is 0 Å². The van der Waals surface area contributed by atoms with Crippen LogP contribution in [0, 0.1) is 0 Å². The quantitative estimate of drug-likeness (QED) is 0.909. The Kier molecular flexibility index (Phi) is 4.71. The van der Waals surface area contributed by atoms with Gasteiger partial charge in [-0.15, -0.1) is 0 Å². The number of hydrogen-bond acceptors (Lipinski definition) is 3. The van der Waals surface area contributed by atoms with Gasteiger partial charge in [0.25, 0.3) is 5.91 Å². The van der Waals surface area contributed by atoms with E-state index < -0.39 is 0 Å². The van der Waals surface area contributed by atoms with E-state index in [9.17, 15) is 4.79 Å². The maximum absolute atomic E-state index is 12.0. The molecule has 0 aliphatic carbocycles. The second-order valence-corrected chi connectivity index (χ2v) is 5.39. The van der Waals surface area contributed by atoms with Crippen molar-refractivity contribution in [1.82, 2.24) is 10.2 Å². The molecule has 1 amide bonds. The van der Waals surface area contributed by atoms with Gasteiger partial charge in [0.2, 0.25) is 0 Å². The van der Waals surface area contributed by atoms with Crippen LogP contribution in [0.25, 0.3) is 0 Å². The minimum absolute atomic E-state index is 0.0253. The summed E-state index contributed by atoms with van der Waals surface area (Å²) in [6.07, 6.45) is 0. The first-order valence-electron chi connectivity index (χ1n) is 6.20. The van der Waals surface area contributed by atoms with Gasteiger partial charge >= 0.3 is 0 Å². The van der Waals surface area contributed by atoms with Crippen molar-refractivity contribution in [2.24, 2.45) is 0 Å². The molecular weight excluding hydrogens is 256 g/mol. The zero-order valence-corrected chi connectivity index (χ0v) is 12.0. The van der Waals surface area contributed by atoms with Gasteiger partial charge in [0, 0.05) is 12.1 Å². The van der Waals surface area contributed by atoms with Gasteiger partial charge < -0.3 is 10.2 Å². The highest BCUT2D eigenvalue weighted by Gasteiger charge is 2.15. The van der Waals surface area contributed by atoms with Gasteiger partial charge in [0.05, 0.1) is 6.04 Å². The van der Waals surface area contributed by atoms with E-state index in [0.29, 0.717) is 12.1 Å². The molecule has 19 heavy (non-hydrogen) atoms. The van der Waals surface area contributed by atoms with Crippen LogP contribution in [0.4, 0.5) is 0 Å². The van der Waals surface area contributed by atoms with Gasteiger partial charge in [-0.25, -0.2) is 0 Å². The summed E-state index contributed by atoms with van der Waals surface area (Å²) in [5, 5.41) is 7.18. The minimum atomic E-state index is -0.0253. The van der Waals surface area contributed by atoms with Crippen molar-refractivity contribution in [3.63, 3.8) is 0 Å². The SMILES string of the molecule is CN(C)[C@H](CNC(=O)c1ccccc1)c1ccsc1. The first-order chi connectivity index (χ1) is 9.18. The Labute approximate surface area is 117 Å². The van der Waals surface area contributed by atoms with Crippen molar-refractivity contribution in [3.05, 3.63) is 58.3 Å². The number of benzene rings is 1. The lowest BCUT2D eigenvalue weighted by atomic mass is 10.1. The normalized spacial score (nSPS) is 12.4. The molecule has 2 aromatic rings. The van der Waals surface area contributed by atoms with E-state index in [1.165, 1.54) is 5.56 Å². The Balaban J connectivity index is 1.98. The van der Waals surface area contributed by atoms with Crippen LogP contribution in [0.15, 0.2) is 47.2 Å². The Morgan fingerprint density at radius 2 is 2.00 bits per heavy atom. The summed E-state index contributed by atoms with van der Waals surface area (Å²) in [5.74, 6) is -0.0253. The molecule has 2 rings (SSSR count). The predicted molar refractivity (Wildman–Crippen MR) is 79.5 cm³/mol. The molecule has 1 aromatic heterocycles. The second-order valence-electron chi connectivity index (χ2n) is 4.61. The third kappa shape index (κ3) is 3.66. The highest BCUT2D eigenvalue weighted by molar-refractivity contribution is 7.07. The van der Waals surface area contributed by atoms with Gasteiger partial charge in [-0.1, -0.05) is 18.2 Å². The monoisotopic (exact) mass is 274 g/mol. The average Bonchev–Trinajstić information content (AvgIpc) is 2.93. The fourth-order valence-corrected chi connectivity index (χ4v) is 2.65. The minimum Gasteiger partial charge on any atom is -0.350 e. The van der Waals surface area contributed by atoms with E-state index in [-0.39, 0.29) is 11.9 Å². The largest absolute Gasteiger partial charge is 0.350 e. The predicted octanol–water partition coefficient (Wildman–Crippen LogP) is 2.78. The van der Waals surface area contributed by atoms with E-state index in [1.807, 2.05) is 44.4 Å². The number of carbonyl (C=O) groups is 1. The number of rotatable bonds is 5. The lowest BCUT2D eigenvalue weighted by Crippen LogP contribution is -2.34. The molecule has 0 aliphatic rings. The van der Waals surface area contributed by atoms with E-state index in [0.717, 1.165) is 0 Å². The molecule has 3 nitrogen and oxygen atoms in total. The van der Waals surface area contributed by atoms with Crippen LogP contribution < -0.4 is 5.32 Å². The third-order valence-electron chi connectivity index (χ3n) is 3.04. The molecule has 0 radical (unpaired) electrons. The highest BCUT2D eigenvalue weighted by Crippen LogP contribution is 2.20. The van der Waals surface area contributed by atoms with Crippen LogP contribution in [0.5, 0.6) is 0 Å². The standard InChI is InChI=1S/C15H18N2OS/c1-17(2)14(13-8-9-19-11-13)10-16-15(18)12-6-4-3-5-7-12/h3-9,11,14H,10H2,1-2H3,(H,16,18)/t14-/m1/s1. The van der Waals surface area contributed by atoms with E-state index in [1.54, 1.807) is 11.3 Å². The fourth-order valence-electron chi connectivity index (χ4n) is 1.94. The highest BCUT2D eigenvalue weighted by atomic mass is 32.1. The van der Waals surface area contributed by atoms with Crippen molar-refractivity contribution in [3.8, 4) is 0 Å². The summed E-state index contributed by atoms with van der Waals surface area (Å²) in [7, 11) is 4.05. The Bertz CT molecular complexity index is 508. The molecule has 0 unspecified atom stereocenters. The maximum Gasteiger partial charge on any atom is 0.251 e. The molecule has 100 valence electrons. The van der Waals surface area contributed by atoms with Gasteiger partial charge in [0.15, 0.2) is 0 Å². The van der Waals surface area contributed by atoms with Gasteiger partial charge in [0.1, 0.15) is 0 Å². The van der Waals surface area contributed by atoms with Crippen molar-refractivity contribution in [1.29, 1.82) is 0 Å². The van der Waals surface area contributed by atoms with Crippen LogP contribution in [0.2, 0.25) is 0 Å².